The monoisotopic (exact) mass is 244 g/mol. The van der Waals surface area contributed by atoms with Gasteiger partial charge in [0.2, 0.25) is 0 Å². The molecule has 0 aromatic heterocycles. The highest BCUT2D eigenvalue weighted by Gasteiger charge is 2.16. The SMILES string of the molecule is COC(C)CC(C)OC(=O)CC(=O)CC(C)=O. The third-order valence-corrected chi connectivity index (χ3v) is 2.19. The Morgan fingerprint density at radius 1 is 1.06 bits per heavy atom. The van der Waals surface area contributed by atoms with Crippen molar-refractivity contribution in [1.29, 1.82) is 0 Å². The zero-order chi connectivity index (χ0) is 13.4. The van der Waals surface area contributed by atoms with Gasteiger partial charge in [-0.25, -0.2) is 0 Å². The Morgan fingerprint density at radius 3 is 2.12 bits per heavy atom. The second-order valence-corrected chi connectivity index (χ2v) is 4.18. The van der Waals surface area contributed by atoms with Crippen molar-refractivity contribution in [3.63, 3.8) is 0 Å². The average Bonchev–Trinajstić information content (AvgIpc) is 2.14. The number of methoxy groups -OCH3 is 1. The van der Waals surface area contributed by atoms with Crippen LogP contribution < -0.4 is 0 Å². The lowest BCUT2D eigenvalue weighted by Crippen LogP contribution is -2.22. The van der Waals surface area contributed by atoms with Crippen LogP contribution in [0, 0.1) is 0 Å². The molecule has 0 heterocycles. The molecule has 5 nitrogen and oxygen atoms in total. The lowest BCUT2D eigenvalue weighted by molar-refractivity contribution is -0.151. The summed E-state index contributed by atoms with van der Waals surface area (Å²) in [5.74, 6) is -1.25. The van der Waals surface area contributed by atoms with Crippen LogP contribution in [-0.4, -0.2) is 36.9 Å². The van der Waals surface area contributed by atoms with Crippen LogP contribution in [0.25, 0.3) is 0 Å². The van der Waals surface area contributed by atoms with Crippen molar-refractivity contribution in [3.05, 3.63) is 0 Å². The quantitative estimate of drug-likeness (QED) is 0.475. The molecule has 0 N–H and O–H groups in total. The molecule has 2 atom stereocenters. The third-order valence-electron chi connectivity index (χ3n) is 2.19. The van der Waals surface area contributed by atoms with E-state index in [1.54, 1.807) is 14.0 Å². The zero-order valence-corrected chi connectivity index (χ0v) is 10.8. The van der Waals surface area contributed by atoms with Crippen molar-refractivity contribution in [2.24, 2.45) is 0 Å². The van der Waals surface area contributed by atoms with Crippen molar-refractivity contribution in [3.8, 4) is 0 Å². The summed E-state index contributed by atoms with van der Waals surface area (Å²) in [4.78, 5) is 33.2. The van der Waals surface area contributed by atoms with Crippen molar-refractivity contribution < 1.29 is 23.9 Å². The molecule has 0 radical (unpaired) electrons. The summed E-state index contributed by atoms with van der Waals surface area (Å²) < 4.78 is 10.1. The maximum Gasteiger partial charge on any atom is 0.313 e. The minimum absolute atomic E-state index is 0.00859. The first-order chi connectivity index (χ1) is 7.85. The number of esters is 1. The van der Waals surface area contributed by atoms with Gasteiger partial charge in [0.15, 0.2) is 5.78 Å². The van der Waals surface area contributed by atoms with E-state index in [9.17, 15) is 14.4 Å². The van der Waals surface area contributed by atoms with E-state index in [1.807, 2.05) is 6.92 Å². The lowest BCUT2D eigenvalue weighted by atomic mass is 10.1. The lowest BCUT2D eigenvalue weighted by Gasteiger charge is -2.16. The maximum absolute atomic E-state index is 11.3. The number of hydrogen-bond donors (Lipinski definition) is 0. The Morgan fingerprint density at radius 2 is 1.65 bits per heavy atom. The molecule has 0 saturated heterocycles. The number of Topliss-reactive ketones (excluding diaryl/α,β-unsaturated/α-hetero) is 2. The molecule has 5 heteroatoms. The van der Waals surface area contributed by atoms with Gasteiger partial charge in [-0.3, -0.25) is 14.4 Å². The Balaban J connectivity index is 3.93. The molecular weight excluding hydrogens is 224 g/mol. The fourth-order valence-corrected chi connectivity index (χ4v) is 1.38. The third kappa shape index (κ3) is 8.56. The van der Waals surface area contributed by atoms with Crippen LogP contribution >= 0.6 is 0 Å². The second-order valence-electron chi connectivity index (χ2n) is 4.18. The first-order valence-corrected chi connectivity index (χ1v) is 5.58. The van der Waals surface area contributed by atoms with E-state index in [2.05, 4.69) is 0 Å². The van der Waals surface area contributed by atoms with E-state index < -0.39 is 11.8 Å². The first-order valence-electron chi connectivity index (χ1n) is 5.58. The molecule has 0 aromatic rings. The zero-order valence-electron chi connectivity index (χ0n) is 10.8. The van der Waals surface area contributed by atoms with E-state index in [-0.39, 0.29) is 30.8 Å². The van der Waals surface area contributed by atoms with Gasteiger partial charge < -0.3 is 9.47 Å². The average molecular weight is 244 g/mol. The number of rotatable bonds is 8. The minimum Gasteiger partial charge on any atom is -0.462 e. The van der Waals surface area contributed by atoms with Crippen LogP contribution in [0.3, 0.4) is 0 Å². The van der Waals surface area contributed by atoms with Crippen molar-refractivity contribution in [1.82, 2.24) is 0 Å². The Hall–Kier alpha value is -1.23. The summed E-state index contributed by atoms with van der Waals surface area (Å²) in [5.41, 5.74) is 0. The molecule has 0 saturated carbocycles. The highest BCUT2D eigenvalue weighted by Crippen LogP contribution is 2.06. The van der Waals surface area contributed by atoms with Gasteiger partial charge in [0, 0.05) is 13.5 Å². The van der Waals surface area contributed by atoms with Gasteiger partial charge in [-0.05, 0) is 20.8 Å². The molecule has 0 amide bonds. The summed E-state index contributed by atoms with van der Waals surface area (Å²) in [7, 11) is 1.58. The Labute approximate surface area is 101 Å². The summed E-state index contributed by atoms with van der Waals surface area (Å²) in [6, 6.07) is 0. The van der Waals surface area contributed by atoms with Crippen LogP contribution in [0.4, 0.5) is 0 Å². The van der Waals surface area contributed by atoms with E-state index >= 15 is 0 Å². The number of carbonyl (C=O) groups is 3. The van der Waals surface area contributed by atoms with Crippen molar-refractivity contribution in [2.45, 2.75) is 52.2 Å². The van der Waals surface area contributed by atoms with Crippen molar-refractivity contribution in [2.75, 3.05) is 7.11 Å². The largest absolute Gasteiger partial charge is 0.462 e. The van der Waals surface area contributed by atoms with E-state index in [1.165, 1.54) is 6.92 Å². The van der Waals surface area contributed by atoms with Gasteiger partial charge in [0.05, 0.1) is 12.5 Å². The molecule has 0 aliphatic heterocycles. The van der Waals surface area contributed by atoms with Crippen LogP contribution in [0.2, 0.25) is 0 Å². The summed E-state index contributed by atoms with van der Waals surface area (Å²) in [6.07, 6.45) is -0.292. The van der Waals surface area contributed by atoms with E-state index in [0.717, 1.165) is 0 Å². The fraction of sp³-hybridized carbons (Fsp3) is 0.750. The normalized spacial score (nSPS) is 13.9. The summed E-state index contributed by atoms with van der Waals surface area (Å²) >= 11 is 0. The van der Waals surface area contributed by atoms with Crippen LogP contribution in [-0.2, 0) is 23.9 Å². The van der Waals surface area contributed by atoms with Gasteiger partial charge in [-0.2, -0.15) is 0 Å². The molecule has 0 spiro atoms. The molecular formula is C12H20O5. The molecule has 0 bridgehead atoms. The molecule has 0 aliphatic carbocycles. The number of carbonyl (C=O) groups excluding carboxylic acids is 3. The molecule has 98 valence electrons. The van der Waals surface area contributed by atoms with Crippen LogP contribution in [0.5, 0.6) is 0 Å². The van der Waals surface area contributed by atoms with E-state index in [0.29, 0.717) is 6.42 Å². The number of ketones is 2. The molecule has 0 rings (SSSR count). The fourth-order valence-electron chi connectivity index (χ4n) is 1.38. The first kappa shape index (κ1) is 15.8. The Bertz CT molecular complexity index is 285. The highest BCUT2D eigenvalue weighted by atomic mass is 16.5. The Kier molecular flexibility index (Phi) is 7.37. The van der Waals surface area contributed by atoms with Gasteiger partial charge in [-0.1, -0.05) is 0 Å². The van der Waals surface area contributed by atoms with Gasteiger partial charge in [-0.15, -0.1) is 0 Å². The number of ether oxygens (including phenoxy) is 2. The van der Waals surface area contributed by atoms with Crippen molar-refractivity contribution >= 4 is 17.5 Å². The van der Waals surface area contributed by atoms with E-state index in [4.69, 9.17) is 9.47 Å². The summed E-state index contributed by atoms with van der Waals surface area (Å²) in [6.45, 7) is 4.92. The topological polar surface area (TPSA) is 69.7 Å². The van der Waals surface area contributed by atoms with Crippen LogP contribution in [0.15, 0.2) is 0 Å². The van der Waals surface area contributed by atoms with Crippen LogP contribution in [0.1, 0.15) is 40.0 Å². The maximum atomic E-state index is 11.3. The second kappa shape index (κ2) is 7.95. The standard InChI is InChI=1S/C12H20O5/c1-8(13)5-11(14)7-12(15)17-10(3)6-9(2)16-4/h9-10H,5-7H2,1-4H3. The molecule has 2 unspecified atom stereocenters. The van der Waals surface area contributed by atoms with Gasteiger partial charge in [0.1, 0.15) is 18.3 Å². The predicted octanol–water partition coefficient (Wildman–Crippen LogP) is 1.28. The van der Waals surface area contributed by atoms with Gasteiger partial charge in [0.25, 0.3) is 0 Å². The van der Waals surface area contributed by atoms with Gasteiger partial charge >= 0.3 is 5.97 Å². The molecule has 0 aromatic carbocycles. The summed E-state index contributed by atoms with van der Waals surface area (Å²) in [5, 5.41) is 0. The smallest absolute Gasteiger partial charge is 0.313 e. The predicted molar refractivity (Wildman–Crippen MR) is 61.6 cm³/mol. The minimum atomic E-state index is -0.591. The highest BCUT2D eigenvalue weighted by molar-refractivity contribution is 6.04. The molecule has 17 heavy (non-hydrogen) atoms. The molecule has 0 fully saturated rings. The molecule has 0 aliphatic rings. The number of hydrogen-bond acceptors (Lipinski definition) is 5.